The highest BCUT2D eigenvalue weighted by Crippen LogP contribution is 2.44. The van der Waals surface area contributed by atoms with Crippen molar-refractivity contribution in [2.45, 2.75) is 0 Å². The lowest BCUT2D eigenvalue weighted by molar-refractivity contribution is 1.43. The van der Waals surface area contributed by atoms with Crippen molar-refractivity contribution in [3.8, 4) is 22.4 Å². The van der Waals surface area contributed by atoms with Crippen molar-refractivity contribution in [2.75, 3.05) is 0 Å². The van der Waals surface area contributed by atoms with Crippen molar-refractivity contribution < 1.29 is 0 Å². The summed E-state index contributed by atoms with van der Waals surface area (Å²) in [6.07, 6.45) is 0. The molecule has 9 aromatic rings. The second-order valence-electron chi connectivity index (χ2n) is 10.7. The van der Waals surface area contributed by atoms with E-state index in [2.05, 4.69) is 140 Å². The van der Waals surface area contributed by atoms with Crippen LogP contribution in [0.4, 0.5) is 0 Å². The Hall–Kier alpha value is -5.05. The first-order valence-electron chi connectivity index (χ1n) is 14.0. The summed E-state index contributed by atoms with van der Waals surface area (Å²) in [5.41, 5.74) is 5.72. The minimum atomic E-state index is 1.04. The Balaban J connectivity index is 1.31. The quantitative estimate of drug-likeness (QED) is 0.200. The number of hydrogen-bond donors (Lipinski definition) is 0. The zero-order valence-corrected chi connectivity index (χ0v) is 23.0. The molecular weight excluding hydrogens is 515 g/mol. The average molecular weight is 538 g/mol. The minimum Gasteiger partial charge on any atom is -0.247 e. The van der Waals surface area contributed by atoms with Gasteiger partial charge in [-0.15, -0.1) is 11.3 Å². The third kappa shape index (κ3) is 3.45. The second-order valence-corrected chi connectivity index (χ2v) is 11.8. The van der Waals surface area contributed by atoms with E-state index in [1.807, 2.05) is 11.3 Å². The van der Waals surface area contributed by atoms with Gasteiger partial charge in [0.15, 0.2) is 0 Å². The van der Waals surface area contributed by atoms with Crippen LogP contribution in [0.15, 0.2) is 140 Å². The molecule has 41 heavy (non-hydrogen) atoms. The molecule has 2 heteroatoms. The van der Waals surface area contributed by atoms with Crippen LogP contribution in [-0.2, 0) is 0 Å². The zero-order valence-electron chi connectivity index (χ0n) is 22.1. The molecule has 0 aliphatic heterocycles. The van der Waals surface area contributed by atoms with E-state index in [-0.39, 0.29) is 0 Å². The molecule has 0 spiro atoms. The zero-order chi connectivity index (χ0) is 26.9. The van der Waals surface area contributed by atoms with Gasteiger partial charge in [-0.1, -0.05) is 115 Å². The van der Waals surface area contributed by atoms with Crippen molar-refractivity contribution in [3.05, 3.63) is 140 Å². The monoisotopic (exact) mass is 537 g/mol. The van der Waals surface area contributed by atoms with E-state index in [0.29, 0.717) is 0 Å². The predicted octanol–water partition coefficient (Wildman–Crippen LogP) is 11.4. The summed E-state index contributed by atoms with van der Waals surface area (Å²) in [5.74, 6) is 0. The molecule has 1 nitrogen and oxygen atoms in total. The van der Waals surface area contributed by atoms with E-state index >= 15 is 0 Å². The second kappa shape index (κ2) is 8.72. The van der Waals surface area contributed by atoms with Crippen molar-refractivity contribution in [1.29, 1.82) is 0 Å². The van der Waals surface area contributed by atoms with E-state index in [0.717, 1.165) is 16.8 Å². The van der Waals surface area contributed by atoms with Crippen molar-refractivity contribution in [2.24, 2.45) is 0 Å². The SMILES string of the molecule is c1ccc(-c2nc3ccccc3c3c2ccc2c4cc(-c5ccc6ccc7ccccc7c6c5)ccc4sc23)cc1. The molecule has 0 atom stereocenters. The topological polar surface area (TPSA) is 12.9 Å². The molecule has 2 heterocycles. The number of nitrogens with zero attached hydrogens (tertiary/aromatic N) is 1. The first-order chi connectivity index (χ1) is 20.3. The molecule has 190 valence electrons. The van der Waals surface area contributed by atoms with Gasteiger partial charge in [-0.25, -0.2) is 4.98 Å². The summed E-state index contributed by atoms with van der Waals surface area (Å²) in [6, 6.07) is 50.6. The Kier molecular flexibility index (Phi) is 4.84. The van der Waals surface area contributed by atoms with E-state index < -0.39 is 0 Å². The number of hydrogen-bond acceptors (Lipinski definition) is 2. The third-order valence-electron chi connectivity index (χ3n) is 8.43. The summed E-state index contributed by atoms with van der Waals surface area (Å²) in [6.45, 7) is 0. The molecule has 0 fully saturated rings. The van der Waals surface area contributed by atoms with Crippen LogP contribution in [0.1, 0.15) is 0 Å². The van der Waals surface area contributed by atoms with Crippen LogP contribution in [0.2, 0.25) is 0 Å². The van der Waals surface area contributed by atoms with Gasteiger partial charge in [0.05, 0.1) is 11.2 Å². The van der Waals surface area contributed by atoms with Gasteiger partial charge < -0.3 is 0 Å². The van der Waals surface area contributed by atoms with E-state index in [1.165, 1.54) is 69.0 Å². The molecular formula is C39H23NS. The lowest BCUT2D eigenvalue weighted by Crippen LogP contribution is -1.89. The Bertz CT molecular complexity index is 2470. The summed E-state index contributed by atoms with van der Waals surface area (Å²) in [4.78, 5) is 5.14. The average Bonchev–Trinajstić information content (AvgIpc) is 3.42. The number of benzene rings is 7. The van der Waals surface area contributed by atoms with Gasteiger partial charge in [0.1, 0.15) is 0 Å². The van der Waals surface area contributed by atoms with E-state index in [9.17, 15) is 0 Å². The third-order valence-corrected chi connectivity index (χ3v) is 9.63. The largest absolute Gasteiger partial charge is 0.247 e. The number of fused-ring (bicyclic) bond motifs is 10. The summed E-state index contributed by atoms with van der Waals surface area (Å²) < 4.78 is 2.64. The highest BCUT2D eigenvalue weighted by molar-refractivity contribution is 7.26. The Morgan fingerprint density at radius 2 is 1.07 bits per heavy atom. The van der Waals surface area contributed by atoms with Crippen molar-refractivity contribution in [3.63, 3.8) is 0 Å². The van der Waals surface area contributed by atoms with Crippen LogP contribution < -0.4 is 0 Å². The fraction of sp³-hybridized carbons (Fsp3) is 0. The molecule has 0 saturated heterocycles. The summed E-state index contributed by atoms with van der Waals surface area (Å²) in [7, 11) is 0. The number of thiophene rings is 1. The number of rotatable bonds is 2. The molecule has 0 aliphatic rings. The molecule has 0 bridgehead atoms. The first-order valence-corrected chi connectivity index (χ1v) is 14.8. The van der Waals surface area contributed by atoms with Gasteiger partial charge in [-0.2, -0.15) is 0 Å². The Morgan fingerprint density at radius 1 is 0.415 bits per heavy atom. The van der Waals surface area contributed by atoms with Crippen LogP contribution >= 0.6 is 11.3 Å². The molecule has 0 N–H and O–H groups in total. The summed E-state index contributed by atoms with van der Waals surface area (Å²) >= 11 is 1.89. The molecule has 2 aromatic heterocycles. The predicted molar refractivity (Wildman–Crippen MR) is 178 cm³/mol. The van der Waals surface area contributed by atoms with Crippen molar-refractivity contribution >= 4 is 74.7 Å². The van der Waals surface area contributed by atoms with Crippen molar-refractivity contribution in [1.82, 2.24) is 4.98 Å². The van der Waals surface area contributed by atoms with Gasteiger partial charge >= 0.3 is 0 Å². The molecule has 0 aliphatic carbocycles. The Morgan fingerprint density at radius 3 is 1.95 bits per heavy atom. The minimum absolute atomic E-state index is 1.04. The maximum absolute atomic E-state index is 5.14. The molecule has 7 aromatic carbocycles. The molecule has 9 rings (SSSR count). The highest BCUT2D eigenvalue weighted by atomic mass is 32.1. The van der Waals surface area contributed by atoms with Crippen LogP contribution in [0.3, 0.4) is 0 Å². The van der Waals surface area contributed by atoms with Crippen LogP contribution in [0.25, 0.3) is 85.8 Å². The van der Waals surface area contributed by atoms with Gasteiger partial charge in [0.25, 0.3) is 0 Å². The smallest absolute Gasteiger partial charge is 0.0788 e. The van der Waals surface area contributed by atoms with E-state index in [4.69, 9.17) is 4.98 Å². The van der Waals surface area contributed by atoms with Gasteiger partial charge in [-0.3, -0.25) is 0 Å². The lowest BCUT2D eigenvalue weighted by atomic mass is 9.95. The normalized spacial score (nSPS) is 11.9. The number of para-hydroxylation sites is 1. The molecule has 0 radical (unpaired) electrons. The van der Waals surface area contributed by atoms with E-state index in [1.54, 1.807) is 0 Å². The maximum Gasteiger partial charge on any atom is 0.0788 e. The fourth-order valence-corrected chi connectivity index (χ4v) is 7.69. The standard InChI is InChI=1S/C39H23NS/c1-2-9-26(10-3-1)38-32-20-19-30-34-23-28(27-17-16-25-15-14-24-8-4-5-11-29(24)33(25)22-27)18-21-36(34)41-39(30)37(32)31-12-6-7-13-35(31)40-38/h1-23H. The molecule has 0 amide bonds. The highest BCUT2D eigenvalue weighted by Gasteiger charge is 2.16. The molecule has 0 saturated carbocycles. The lowest BCUT2D eigenvalue weighted by Gasteiger charge is -2.11. The maximum atomic E-state index is 5.14. The number of aromatic nitrogens is 1. The van der Waals surface area contributed by atoms with Gasteiger partial charge in [0.2, 0.25) is 0 Å². The van der Waals surface area contributed by atoms with Crippen LogP contribution in [-0.4, -0.2) is 4.98 Å². The van der Waals surface area contributed by atoms with Gasteiger partial charge in [-0.05, 0) is 56.9 Å². The van der Waals surface area contributed by atoms with Gasteiger partial charge in [0, 0.05) is 41.9 Å². The fourth-order valence-electron chi connectivity index (χ4n) is 6.45. The van der Waals surface area contributed by atoms with Crippen LogP contribution in [0.5, 0.6) is 0 Å². The number of pyridine rings is 1. The molecule has 0 unspecified atom stereocenters. The first kappa shape index (κ1) is 22.7. The Labute approximate surface area is 240 Å². The summed E-state index contributed by atoms with van der Waals surface area (Å²) in [5, 5.41) is 11.5. The van der Waals surface area contributed by atoms with Crippen LogP contribution in [0, 0.1) is 0 Å².